The maximum Gasteiger partial charge on any atom is 0.231 e. The molecule has 2 aromatic rings. The van der Waals surface area contributed by atoms with Crippen molar-refractivity contribution < 1.29 is 4.79 Å². The topological polar surface area (TPSA) is 65.8 Å². The van der Waals surface area contributed by atoms with Gasteiger partial charge in [0.2, 0.25) is 5.91 Å². The first-order chi connectivity index (χ1) is 11.4. The quantitative estimate of drug-likeness (QED) is 0.843. The van der Waals surface area contributed by atoms with Crippen LogP contribution in [0.4, 0.5) is 0 Å². The van der Waals surface area contributed by atoms with Gasteiger partial charge in [-0.3, -0.25) is 4.79 Å². The maximum absolute atomic E-state index is 12.2. The van der Waals surface area contributed by atoms with Crippen LogP contribution in [0.25, 0.3) is 10.9 Å². The van der Waals surface area contributed by atoms with E-state index in [1.54, 1.807) is 0 Å². The van der Waals surface area contributed by atoms with E-state index >= 15 is 0 Å². The van der Waals surface area contributed by atoms with Crippen LogP contribution in [-0.2, 0) is 4.79 Å². The minimum Gasteiger partial charge on any atom is -0.337 e. The summed E-state index contributed by atoms with van der Waals surface area (Å²) in [5.74, 6) is 0.453. The zero-order valence-corrected chi connectivity index (χ0v) is 15.0. The minimum atomic E-state index is -0.735. The predicted molar refractivity (Wildman–Crippen MR) is 96.8 cm³/mol. The molecule has 0 saturated heterocycles. The first-order valence-electron chi connectivity index (χ1n) is 8.15. The third-order valence-electron chi connectivity index (χ3n) is 4.60. The molecule has 1 aromatic heterocycles. The van der Waals surface area contributed by atoms with Crippen molar-refractivity contribution in [2.24, 2.45) is 5.92 Å². The third-order valence-corrected chi connectivity index (χ3v) is 5.51. The molecule has 5 heteroatoms. The fourth-order valence-electron chi connectivity index (χ4n) is 2.95. The van der Waals surface area contributed by atoms with Crippen molar-refractivity contribution in [3.8, 4) is 6.07 Å². The average Bonchev–Trinajstić information content (AvgIpc) is 3.39. The second-order valence-corrected chi connectivity index (χ2v) is 7.67. The van der Waals surface area contributed by atoms with Crippen LogP contribution in [0, 0.1) is 31.1 Å². The molecule has 0 aliphatic heterocycles. The number of nitrogens with one attached hydrogen (secondary N) is 1. The molecule has 0 unspecified atom stereocenters. The second-order valence-electron chi connectivity index (χ2n) is 6.67. The molecular weight excluding hydrogens is 318 g/mol. The number of thioether (sulfide) groups is 1. The highest BCUT2D eigenvalue weighted by molar-refractivity contribution is 7.99. The van der Waals surface area contributed by atoms with E-state index in [-0.39, 0.29) is 11.7 Å². The van der Waals surface area contributed by atoms with Gasteiger partial charge in [0.25, 0.3) is 0 Å². The summed E-state index contributed by atoms with van der Waals surface area (Å²) in [5, 5.41) is 14.2. The zero-order valence-electron chi connectivity index (χ0n) is 14.2. The number of aromatic nitrogens is 1. The monoisotopic (exact) mass is 339 g/mol. The Balaban J connectivity index is 1.70. The molecule has 1 amide bonds. The van der Waals surface area contributed by atoms with Gasteiger partial charge in [-0.05, 0) is 56.7 Å². The van der Waals surface area contributed by atoms with Crippen LogP contribution in [-0.4, -0.2) is 22.2 Å². The van der Waals surface area contributed by atoms with Gasteiger partial charge in [-0.25, -0.2) is 4.98 Å². The summed E-state index contributed by atoms with van der Waals surface area (Å²) < 4.78 is 0. The standard InChI is InChI=1S/C19H21N3OS/c1-12-5-4-6-15-13(2)9-17(21-18(12)15)24-10-16(23)22-19(3,11-20)14-7-8-14/h4-6,9,14H,7-8,10H2,1-3H3,(H,22,23)/t19-/m0/s1. The van der Waals surface area contributed by atoms with Crippen molar-refractivity contribution in [3.63, 3.8) is 0 Å². The van der Waals surface area contributed by atoms with Gasteiger partial charge < -0.3 is 5.32 Å². The van der Waals surface area contributed by atoms with E-state index in [0.717, 1.165) is 39.9 Å². The second kappa shape index (κ2) is 6.45. The zero-order chi connectivity index (χ0) is 17.3. The van der Waals surface area contributed by atoms with E-state index in [0.29, 0.717) is 5.92 Å². The number of nitrogens with zero attached hydrogens (tertiary/aromatic N) is 2. The first-order valence-corrected chi connectivity index (χ1v) is 9.13. The highest BCUT2D eigenvalue weighted by atomic mass is 32.2. The van der Waals surface area contributed by atoms with E-state index in [9.17, 15) is 10.1 Å². The first kappa shape index (κ1) is 16.8. The Bertz CT molecular complexity index is 838. The van der Waals surface area contributed by atoms with Crippen LogP contribution in [0.1, 0.15) is 30.9 Å². The Morgan fingerprint density at radius 2 is 2.17 bits per heavy atom. The molecule has 0 spiro atoms. The molecule has 0 radical (unpaired) electrons. The van der Waals surface area contributed by atoms with Crippen molar-refractivity contribution >= 4 is 28.6 Å². The van der Waals surface area contributed by atoms with Crippen molar-refractivity contribution in [1.29, 1.82) is 5.26 Å². The van der Waals surface area contributed by atoms with Crippen LogP contribution >= 0.6 is 11.8 Å². The number of hydrogen-bond donors (Lipinski definition) is 1. The summed E-state index contributed by atoms with van der Waals surface area (Å²) in [7, 11) is 0. The van der Waals surface area contributed by atoms with Crippen molar-refractivity contribution in [1.82, 2.24) is 10.3 Å². The number of nitriles is 1. The number of carbonyl (C=O) groups excluding carboxylic acids is 1. The van der Waals surface area contributed by atoms with Gasteiger partial charge in [-0.2, -0.15) is 5.26 Å². The molecule has 3 rings (SSSR count). The number of aryl methyl sites for hydroxylation is 2. The van der Waals surface area contributed by atoms with Crippen LogP contribution in [0.2, 0.25) is 0 Å². The molecule has 1 aromatic carbocycles. The molecule has 1 heterocycles. The molecule has 1 atom stereocenters. The molecule has 124 valence electrons. The molecule has 4 nitrogen and oxygen atoms in total. The highest BCUT2D eigenvalue weighted by Crippen LogP contribution is 2.39. The molecule has 1 aliphatic rings. The lowest BCUT2D eigenvalue weighted by molar-refractivity contribution is -0.119. The van der Waals surface area contributed by atoms with E-state index in [1.165, 1.54) is 11.8 Å². The number of hydrogen-bond acceptors (Lipinski definition) is 4. The van der Waals surface area contributed by atoms with Gasteiger partial charge in [-0.1, -0.05) is 30.0 Å². The summed E-state index contributed by atoms with van der Waals surface area (Å²) in [4.78, 5) is 16.9. The van der Waals surface area contributed by atoms with Gasteiger partial charge in [0.1, 0.15) is 5.54 Å². The number of benzene rings is 1. The average molecular weight is 339 g/mol. The summed E-state index contributed by atoms with van der Waals surface area (Å²) in [5.41, 5.74) is 2.54. The number of carbonyl (C=O) groups is 1. The van der Waals surface area contributed by atoms with Crippen LogP contribution < -0.4 is 5.32 Å². The molecular formula is C19H21N3OS. The lowest BCUT2D eigenvalue weighted by Gasteiger charge is -2.22. The van der Waals surface area contributed by atoms with Gasteiger partial charge in [0.05, 0.1) is 22.4 Å². The Kier molecular flexibility index (Phi) is 4.51. The number of amides is 1. The summed E-state index contributed by atoms with van der Waals surface area (Å²) in [6.07, 6.45) is 2.03. The largest absolute Gasteiger partial charge is 0.337 e. The van der Waals surface area contributed by atoms with Crippen LogP contribution in [0.3, 0.4) is 0 Å². The van der Waals surface area contributed by atoms with E-state index in [4.69, 9.17) is 0 Å². The van der Waals surface area contributed by atoms with Crippen molar-refractivity contribution in [2.45, 2.75) is 44.2 Å². The molecule has 1 aliphatic carbocycles. The number of pyridine rings is 1. The Labute approximate surface area is 146 Å². The maximum atomic E-state index is 12.2. The minimum absolute atomic E-state index is 0.111. The third kappa shape index (κ3) is 3.39. The van der Waals surface area contributed by atoms with E-state index < -0.39 is 5.54 Å². The van der Waals surface area contributed by atoms with Gasteiger partial charge in [0, 0.05) is 5.39 Å². The van der Waals surface area contributed by atoms with Crippen molar-refractivity contribution in [2.75, 3.05) is 5.75 Å². The molecule has 24 heavy (non-hydrogen) atoms. The summed E-state index contributed by atoms with van der Waals surface area (Å²) in [6.45, 7) is 5.92. The SMILES string of the molecule is Cc1cc(SCC(=O)N[C@@](C)(C#N)C2CC2)nc2c(C)cccc12. The van der Waals surface area contributed by atoms with Gasteiger partial charge in [0.15, 0.2) is 0 Å². The van der Waals surface area contributed by atoms with E-state index in [2.05, 4.69) is 29.4 Å². The molecule has 0 bridgehead atoms. The van der Waals surface area contributed by atoms with Gasteiger partial charge >= 0.3 is 0 Å². The lowest BCUT2D eigenvalue weighted by atomic mass is 9.98. The summed E-state index contributed by atoms with van der Waals surface area (Å²) >= 11 is 1.42. The molecule has 1 fully saturated rings. The number of fused-ring (bicyclic) bond motifs is 1. The van der Waals surface area contributed by atoms with Crippen LogP contribution in [0.15, 0.2) is 29.3 Å². The number of rotatable bonds is 5. The normalized spacial score (nSPS) is 16.4. The Morgan fingerprint density at radius 3 is 2.83 bits per heavy atom. The lowest BCUT2D eigenvalue weighted by Crippen LogP contribution is -2.47. The Hall–Kier alpha value is -2.06. The van der Waals surface area contributed by atoms with Crippen LogP contribution in [0.5, 0.6) is 0 Å². The number of para-hydroxylation sites is 1. The Morgan fingerprint density at radius 1 is 1.42 bits per heavy atom. The predicted octanol–water partition coefficient (Wildman–Crippen LogP) is 3.75. The summed E-state index contributed by atoms with van der Waals surface area (Å²) in [6, 6.07) is 10.4. The smallest absolute Gasteiger partial charge is 0.231 e. The van der Waals surface area contributed by atoms with Gasteiger partial charge in [-0.15, -0.1) is 0 Å². The fraction of sp³-hybridized carbons (Fsp3) is 0.421. The fourth-order valence-corrected chi connectivity index (χ4v) is 3.72. The highest BCUT2D eigenvalue weighted by Gasteiger charge is 2.42. The van der Waals surface area contributed by atoms with Crippen molar-refractivity contribution in [3.05, 3.63) is 35.4 Å². The van der Waals surface area contributed by atoms with E-state index in [1.807, 2.05) is 32.0 Å². The molecule has 1 N–H and O–H groups in total. The molecule has 1 saturated carbocycles.